The number of hydrogen-bond acceptors (Lipinski definition) is 5. The first-order valence-electron chi connectivity index (χ1n) is 8.60. The highest BCUT2D eigenvalue weighted by Gasteiger charge is 2.57. The van der Waals surface area contributed by atoms with Gasteiger partial charge in [-0.1, -0.05) is 24.3 Å². The van der Waals surface area contributed by atoms with Crippen molar-refractivity contribution in [3.63, 3.8) is 0 Å². The summed E-state index contributed by atoms with van der Waals surface area (Å²) in [6, 6.07) is 7.21. The molecule has 1 fully saturated rings. The van der Waals surface area contributed by atoms with E-state index in [-0.39, 0.29) is 24.3 Å². The molecule has 0 aromatic heterocycles. The summed E-state index contributed by atoms with van der Waals surface area (Å²) in [6.07, 6.45) is 1.25. The van der Waals surface area contributed by atoms with Crippen LogP contribution in [-0.4, -0.2) is 54.1 Å². The van der Waals surface area contributed by atoms with E-state index in [1.54, 1.807) is 39.0 Å². The first-order chi connectivity index (χ1) is 12.1. The second kappa shape index (κ2) is 7.40. The number of amides is 1. The van der Waals surface area contributed by atoms with Gasteiger partial charge in [-0.15, -0.1) is 6.58 Å². The molecule has 1 aliphatic heterocycles. The number of aliphatic hydroxyl groups is 1. The fourth-order valence-electron chi connectivity index (χ4n) is 3.46. The molecule has 144 valence electrons. The predicted octanol–water partition coefficient (Wildman–Crippen LogP) is 2.78. The van der Waals surface area contributed by atoms with Crippen molar-refractivity contribution in [2.75, 3.05) is 13.2 Å². The van der Waals surface area contributed by atoms with Crippen molar-refractivity contribution < 1.29 is 23.1 Å². The number of rotatable bonds is 5. The molecule has 1 amide bonds. The zero-order valence-corrected chi connectivity index (χ0v) is 16.3. The molecule has 0 unspecified atom stereocenters. The molecule has 7 heteroatoms. The molecule has 1 N–H and O–H groups in total. The van der Waals surface area contributed by atoms with Gasteiger partial charge in [0.25, 0.3) is 0 Å². The van der Waals surface area contributed by atoms with Gasteiger partial charge in [0.05, 0.1) is 17.5 Å². The number of nitrogens with zero attached hydrogens (tertiary/aromatic N) is 1. The van der Waals surface area contributed by atoms with Crippen LogP contribution in [0.15, 0.2) is 47.9 Å². The van der Waals surface area contributed by atoms with Gasteiger partial charge in [-0.05, 0) is 45.7 Å². The molecule has 1 heterocycles. The molecule has 0 spiro atoms. The topological polar surface area (TPSA) is 83.9 Å². The minimum atomic E-state index is -3.81. The fourth-order valence-corrected chi connectivity index (χ4v) is 5.70. The Morgan fingerprint density at radius 2 is 2.00 bits per heavy atom. The lowest BCUT2D eigenvalue weighted by atomic mass is 9.96. The number of sulfone groups is 1. The van der Waals surface area contributed by atoms with Gasteiger partial charge in [-0.25, -0.2) is 13.2 Å². The third-order valence-electron chi connectivity index (χ3n) is 4.64. The molecule has 1 aromatic rings. The molecule has 26 heavy (non-hydrogen) atoms. The minimum Gasteiger partial charge on any atom is -0.444 e. The highest BCUT2D eigenvalue weighted by molar-refractivity contribution is 7.93. The molecule has 2 rings (SSSR count). The van der Waals surface area contributed by atoms with Crippen LogP contribution in [0, 0.1) is 0 Å². The Labute approximate surface area is 155 Å². The zero-order chi connectivity index (χ0) is 19.6. The summed E-state index contributed by atoms with van der Waals surface area (Å²) >= 11 is 0. The maximum atomic E-state index is 13.4. The Bertz CT molecular complexity index is 754. The van der Waals surface area contributed by atoms with Gasteiger partial charge in [0.15, 0.2) is 9.84 Å². The largest absolute Gasteiger partial charge is 0.444 e. The van der Waals surface area contributed by atoms with Crippen LogP contribution in [0.4, 0.5) is 4.79 Å². The summed E-state index contributed by atoms with van der Waals surface area (Å²) in [6.45, 7) is 8.64. The number of allylic oxidation sites excluding steroid dienone is 1. The Morgan fingerprint density at radius 1 is 1.38 bits per heavy atom. The van der Waals surface area contributed by atoms with Crippen molar-refractivity contribution in [3.8, 4) is 0 Å². The van der Waals surface area contributed by atoms with Crippen molar-refractivity contribution in [3.05, 3.63) is 43.0 Å². The van der Waals surface area contributed by atoms with Crippen molar-refractivity contribution in [2.24, 2.45) is 0 Å². The monoisotopic (exact) mass is 381 g/mol. The third-order valence-corrected chi connectivity index (χ3v) is 7.24. The predicted molar refractivity (Wildman–Crippen MR) is 99.6 cm³/mol. The van der Waals surface area contributed by atoms with Crippen molar-refractivity contribution in [1.82, 2.24) is 4.90 Å². The van der Waals surface area contributed by atoms with Crippen molar-refractivity contribution in [2.45, 2.75) is 54.9 Å². The van der Waals surface area contributed by atoms with E-state index in [1.807, 2.05) is 0 Å². The standard InChI is InChI=1S/C19H27NO5S/c1-5-11-19(26(23,24)15-9-7-6-8-10-15)12-13-20(16(19)14-21)17(22)25-18(2,3)4/h5-10,16,21H,1,11-14H2,2-4H3/t16-,19+/m1/s1. The van der Waals surface area contributed by atoms with E-state index in [1.165, 1.54) is 23.1 Å². The van der Waals surface area contributed by atoms with E-state index in [9.17, 15) is 18.3 Å². The van der Waals surface area contributed by atoms with E-state index in [4.69, 9.17) is 4.74 Å². The number of likely N-dealkylation sites (tertiary alicyclic amines) is 1. The fraction of sp³-hybridized carbons (Fsp3) is 0.526. The number of ether oxygens (including phenoxy) is 1. The first kappa shape index (κ1) is 20.5. The minimum absolute atomic E-state index is 0.134. The number of carbonyl (C=O) groups is 1. The molecular formula is C19H27NO5S. The van der Waals surface area contributed by atoms with Gasteiger partial charge in [0, 0.05) is 6.54 Å². The van der Waals surface area contributed by atoms with Gasteiger partial charge < -0.3 is 14.7 Å². The van der Waals surface area contributed by atoms with Gasteiger partial charge in [-0.3, -0.25) is 0 Å². The van der Waals surface area contributed by atoms with Crippen LogP contribution >= 0.6 is 0 Å². The van der Waals surface area contributed by atoms with E-state index in [0.717, 1.165) is 0 Å². The number of benzene rings is 1. The van der Waals surface area contributed by atoms with Crippen LogP contribution in [0.2, 0.25) is 0 Å². The van der Waals surface area contributed by atoms with E-state index in [0.29, 0.717) is 0 Å². The molecule has 6 nitrogen and oxygen atoms in total. The summed E-state index contributed by atoms with van der Waals surface area (Å²) in [7, 11) is -3.81. The summed E-state index contributed by atoms with van der Waals surface area (Å²) in [5, 5.41) is 10.0. The van der Waals surface area contributed by atoms with Crippen LogP contribution in [0.1, 0.15) is 33.6 Å². The summed E-state index contributed by atoms with van der Waals surface area (Å²) in [5.41, 5.74) is -0.709. The quantitative estimate of drug-likeness (QED) is 0.793. The Balaban J connectivity index is 2.48. The smallest absolute Gasteiger partial charge is 0.410 e. The van der Waals surface area contributed by atoms with Gasteiger partial charge in [0.2, 0.25) is 0 Å². The van der Waals surface area contributed by atoms with Crippen LogP contribution in [0.3, 0.4) is 0 Å². The van der Waals surface area contributed by atoms with Crippen molar-refractivity contribution >= 4 is 15.9 Å². The molecule has 2 atom stereocenters. The van der Waals surface area contributed by atoms with Gasteiger partial charge >= 0.3 is 6.09 Å². The average molecular weight is 381 g/mol. The second-order valence-electron chi connectivity index (χ2n) is 7.50. The van der Waals surface area contributed by atoms with Crippen LogP contribution in [-0.2, 0) is 14.6 Å². The molecule has 1 aromatic carbocycles. The Morgan fingerprint density at radius 3 is 2.50 bits per heavy atom. The normalized spacial score (nSPS) is 23.7. The molecular weight excluding hydrogens is 354 g/mol. The molecule has 0 saturated carbocycles. The summed E-state index contributed by atoms with van der Waals surface area (Å²) in [4.78, 5) is 14.1. The number of aliphatic hydroxyl groups excluding tert-OH is 1. The highest BCUT2D eigenvalue weighted by atomic mass is 32.2. The van der Waals surface area contributed by atoms with Crippen molar-refractivity contribution in [1.29, 1.82) is 0 Å². The molecule has 1 saturated heterocycles. The lowest BCUT2D eigenvalue weighted by Crippen LogP contribution is -2.54. The summed E-state index contributed by atoms with van der Waals surface area (Å²) in [5.74, 6) is 0. The molecule has 0 aliphatic carbocycles. The van der Waals surface area contributed by atoms with Crippen LogP contribution in [0.5, 0.6) is 0 Å². The summed E-state index contributed by atoms with van der Waals surface area (Å²) < 4.78 is 30.9. The third kappa shape index (κ3) is 3.64. The highest BCUT2D eigenvalue weighted by Crippen LogP contribution is 2.43. The molecule has 0 bridgehead atoms. The van der Waals surface area contributed by atoms with Crippen LogP contribution < -0.4 is 0 Å². The molecule has 1 aliphatic rings. The van der Waals surface area contributed by atoms with E-state index >= 15 is 0 Å². The maximum Gasteiger partial charge on any atom is 0.410 e. The average Bonchev–Trinajstić information content (AvgIpc) is 2.94. The lowest BCUT2D eigenvalue weighted by molar-refractivity contribution is 0.0156. The number of carbonyl (C=O) groups excluding carboxylic acids is 1. The van der Waals surface area contributed by atoms with Gasteiger partial charge in [-0.2, -0.15) is 0 Å². The number of hydrogen-bond donors (Lipinski definition) is 1. The second-order valence-corrected chi connectivity index (χ2v) is 9.79. The SMILES string of the molecule is C=CC[C@]1(S(=O)(=O)c2ccccc2)CCN(C(=O)OC(C)(C)C)[C@@H]1CO. The lowest BCUT2D eigenvalue weighted by Gasteiger charge is -2.36. The van der Waals surface area contributed by atoms with Gasteiger partial charge in [0.1, 0.15) is 10.3 Å². The molecule has 0 radical (unpaired) electrons. The van der Waals surface area contributed by atoms with E-state index < -0.39 is 38.9 Å². The Hall–Kier alpha value is -1.86. The first-order valence-corrected chi connectivity index (χ1v) is 10.1. The van der Waals surface area contributed by atoms with E-state index in [2.05, 4.69) is 6.58 Å². The maximum absolute atomic E-state index is 13.4. The van der Waals surface area contributed by atoms with Crippen LogP contribution in [0.25, 0.3) is 0 Å². The Kier molecular flexibility index (Phi) is 5.82. The zero-order valence-electron chi connectivity index (χ0n) is 15.5.